The molecular formula is C21H34ClF3N2O5. The third-order valence-electron chi connectivity index (χ3n) is 2.94. The van der Waals surface area contributed by atoms with Crippen LogP contribution in [0.3, 0.4) is 0 Å². The van der Waals surface area contributed by atoms with Crippen LogP contribution >= 0.6 is 11.6 Å². The lowest BCUT2D eigenvalue weighted by Crippen LogP contribution is -2.20. The number of ether oxygens (including phenoxy) is 4. The number of rotatable bonds is 8. The predicted molar refractivity (Wildman–Crippen MR) is 116 cm³/mol. The number of hydrogen-bond donors (Lipinski definition) is 2. The number of nitrogens with two attached hydrogens (primary N) is 2. The molecule has 0 atom stereocenters. The molecule has 32 heavy (non-hydrogen) atoms. The van der Waals surface area contributed by atoms with Crippen LogP contribution in [0.5, 0.6) is 5.75 Å². The maximum atomic E-state index is 13.5. The van der Waals surface area contributed by atoms with E-state index in [9.17, 15) is 18.0 Å². The summed E-state index contributed by atoms with van der Waals surface area (Å²) < 4.78 is 134. The summed E-state index contributed by atoms with van der Waals surface area (Å²) in [4.78, 5) is 10.8. The summed E-state index contributed by atoms with van der Waals surface area (Å²) in [6.45, 7) is 5.00. The van der Waals surface area contributed by atoms with E-state index in [1.807, 2.05) is 0 Å². The quantitative estimate of drug-likeness (QED) is 0.316. The average Bonchev–Trinajstić information content (AvgIpc) is 3.61. The van der Waals surface area contributed by atoms with Gasteiger partial charge in [0.25, 0.3) is 11.7 Å². The van der Waals surface area contributed by atoms with Crippen molar-refractivity contribution < 1.29 is 52.0 Å². The third kappa shape index (κ3) is 13.9. The second-order valence-corrected chi connectivity index (χ2v) is 5.86. The van der Waals surface area contributed by atoms with Gasteiger partial charge in [-0.3, -0.25) is 4.79 Å². The van der Waals surface area contributed by atoms with E-state index in [2.05, 4.69) is 4.74 Å². The molecule has 0 aliphatic heterocycles. The molecule has 1 aromatic rings. The van der Waals surface area contributed by atoms with E-state index in [0.717, 1.165) is 12.8 Å². The van der Waals surface area contributed by atoms with Gasteiger partial charge in [0.15, 0.2) is 17.4 Å². The van der Waals surface area contributed by atoms with Crippen molar-refractivity contribution in [1.29, 1.82) is 0 Å². The molecule has 4 N–H and O–H groups in total. The maximum absolute atomic E-state index is 13.5. The predicted octanol–water partition coefficient (Wildman–Crippen LogP) is 4.09. The average molecular weight is 498 g/mol. The van der Waals surface area contributed by atoms with Crippen molar-refractivity contribution in [1.82, 2.24) is 0 Å². The van der Waals surface area contributed by atoms with E-state index >= 15 is 0 Å². The molecule has 186 valence electrons. The molecule has 0 bridgehead atoms. The van der Waals surface area contributed by atoms with Crippen molar-refractivity contribution in [3.63, 3.8) is 0 Å². The lowest BCUT2D eigenvalue weighted by atomic mass is 10.2. The molecule has 0 saturated heterocycles. The van der Waals surface area contributed by atoms with Crippen LogP contribution in [0.25, 0.3) is 0 Å². The molecular weight excluding hydrogens is 453 g/mol. The van der Waals surface area contributed by atoms with E-state index in [0.29, 0.717) is 19.8 Å². The SMILES string of the molecule is [2H]C(OCC)(OCC)OCC.[2H]C1(N)CC1.[2H]C1([2H])C([2H])([2H])C1([2H])N.[2H]c1c(F)c(F)c(OC([2H])([2H])[2H])c(F)c1C(=O)Cl. The summed E-state index contributed by atoms with van der Waals surface area (Å²) in [5.41, 5.74) is 8.77. The fraction of sp³-hybridized carbons (Fsp3) is 0.667. The largest absolute Gasteiger partial charge is 0.491 e. The first-order valence-electron chi connectivity index (χ1n) is 14.8. The topological polar surface area (TPSA) is 106 Å². The Kier molecular flexibility index (Phi) is 8.68. The molecule has 7 nitrogen and oxygen atoms in total. The first-order chi connectivity index (χ1) is 19.2. The zero-order valence-corrected chi connectivity index (χ0v) is 18.5. The minimum absolute atomic E-state index is 0.406. The second-order valence-electron chi connectivity index (χ2n) is 5.52. The summed E-state index contributed by atoms with van der Waals surface area (Å²) in [5.74, 6) is -7.41. The molecule has 0 aromatic heterocycles. The molecule has 0 radical (unpaired) electrons. The highest BCUT2D eigenvalue weighted by atomic mass is 35.5. The van der Waals surface area contributed by atoms with E-state index in [4.69, 9.17) is 52.4 Å². The lowest BCUT2D eigenvalue weighted by Gasteiger charge is -2.15. The van der Waals surface area contributed by atoms with Gasteiger partial charge in [-0.1, -0.05) is 0 Å². The molecule has 2 aliphatic carbocycles. The lowest BCUT2D eigenvalue weighted by molar-refractivity contribution is -0.282. The zero-order chi connectivity index (χ0) is 34.4. The molecule has 0 unspecified atom stereocenters. The zero-order valence-electron chi connectivity index (χ0n) is 28.7. The van der Waals surface area contributed by atoms with Crippen LogP contribution in [-0.4, -0.2) is 50.6 Å². The van der Waals surface area contributed by atoms with Gasteiger partial charge in [0.2, 0.25) is 5.82 Å². The standard InChI is InChI=1S/C8H4ClF3O2.C7H16O3.2C3H7N/c1-14-7-5(11)3(8(9)13)2-4(10)6(7)12;1-4-8-7(9-5-2)10-6-3;2*4-3-1-2-3/h2H,1H3;7H,4-6H2,1-3H3;2*3H,1-2,4H2/i1D3,2D;7D;1D2,2D2,3D;3D. The molecule has 2 saturated carbocycles. The first kappa shape index (κ1) is 16.2. The van der Waals surface area contributed by atoms with Crippen molar-refractivity contribution in [2.75, 3.05) is 26.9 Å². The van der Waals surface area contributed by atoms with E-state index < -0.39 is 78.3 Å². The highest BCUT2D eigenvalue weighted by Crippen LogP contribution is 2.27. The Bertz CT molecular complexity index is 1050. The fourth-order valence-electron chi connectivity index (χ4n) is 1.34. The minimum Gasteiger partial charge on any atom is -0.491 e. The van der Waals surface area contributed by atoms with E-state index in [-0.39, 0.29) is 0 Å². The van der Waals surface area contributed by atoms with Crippen LogP contribution in [0.1, 0.15) is 71.8 Å². The monoisotopic (exact) mass is 497 g/mol. The van der Waals surface area contributed by atoms with Gasteiger partial charge < -0.3 is 30.4 Å². The summed E-state index contributed by atoms with van der Waals surface area (Å²) >= 11 is 4.90. The van der Waals surface area contributed by atoms with E-state index in [1.54, 1.807) is 20.8 Å². The minimum atomic E-state index is -3.26. The van der Waals surface area contributed by atoms with Crippen LogP contribution in [0.2, 0.25) is 0 Å². The highest BCUT2D eigenvalue weighted by molar-refractivity contribution is 6.67. The molecule has 2 fully saturated rings. The second kappa shape index (κ2) is 17.1. The van der Waals surface area contributed by atoms with Gasteiger partial charge in [-0.05, 0) is 64.0 Å². The van der Waals surface area contributed by atoms with Crippen LogP contribution in [-0.2, 0) is 14.2 Å². The molecule has 0 heterocycles. The summed E-state index contributed by atoms with van der Waals surface area (Å²) in [7, 11) is -3.26. The molecule has 0 spiro atoms. The molecule has 0 amide bonds. The molecule has 1 aromatic carbocycles. The number of hydrogen-bond acceptors (Lipinski definition) is 7. The highest BCUT2D eigenvalue weighted by Gasteiger charge is 2.22. The van der Waals surface area contributed by atoms with Crippen LogP contribution in [0, 0.1) is 17.5 Å². The molecule has 11 heteroatoms. The first-order valence-corrected chi connectivity index (χ1v) is 9.63. The van der Waals surface area contributed by atoms with E-state index in [1.165, 1.54) is 0 Å². The van der Waals surface area contributed by atoms with Crippen molar-refractivity contribution in [3.8, 4) is 5.75 Å². The van der Waals surface area contributed by atoms with Gasteiger partial charge in [0.05, 0.1) is 18.1 Å². The van der Waals surface area contributed by atoms with Gasteiger partial charge >= 0.3 is 0 Å². The third-order valence-corrected chi connectivity index (χ3v) is 3.13. The summed E-state index contributed by atoms with van der Waals surface area (Å²) in [6.07, 6.45) is -2.57. The van der Waals surface area contributed by atoms with Crippen LogP contribution < -0.4 is 16.2 Å². The van der Waals surface area contributed by atoms with Gasteiger partial charge in [-0.2, -0.15) is 4.39 Å². The summed E-state index contributed by atoms with van der Waals surface area (Å²) in [6, 6.07) is -3.96. The number of halogens is 4. The van der Waals surface area contributed by atoms with Crippen molar-refractivity contribution in [2.45, 2.75) is 64.8 Å². The van der Waals surface area contributed by atoms with Crippen molar-refractivity contribution in [2.24, 2.45) is 11.5 Å². The normalized spacial score (nSPS) is 25.2. The van der Waals surface area contributed by atoms with Crippen LogP contribution in [0.4, 0.5) is 13.2 Å². The number of benzene rings is 1. The van der Waals surface area contributed by atoms with Crippen molar-refractivity contribution >= 4 is 16.8 Å². The van der Waals surface area contributed by atoms with Gasteiger partial charge in [0.1, 0.15) is 1.37 Å². The Morgan fingerprint density at radius 2 is 1.62 bits per heavy atom. The maximum Gasteiger partial charge on any atom is 0.271 e. The Morgan fingerprint density at radius 1 is 1.19 bits per heavy atom. The van der Waals surface area contributed by atoms with Crippen LogP contribution in [0.15, 0.2) is 6.04 Å². The Balaban J connectivity index is 0.000000600. The Hall–Kier alpha value is -1.43. The Labute approximate surface area is 207 Å². The summed E-state index contributed by atoms with van der Waals surface area (Å²) in [5, 5.41) is -1.58. The molecule has 2 aliphatic rings. The number of carbonyl (C=O) groups excluding carboxylic acids is 1. The van der Waals surface area contributed by atoms with Gasteiger partial charge in [-0.25, -0.2) is 8.78 Å². The Morgan fingerprint density at radius 3 is 1.91 bits per heavy atom. The van der Waals surface area contributed by atoms with Crippen molar-refractivity contribution in [3.05, 3.63) is 29.1 Å². The number of carbonyl (C=O) groups is 1. The smallest absolute Gasteiger partial charge is 0.271 e. The number of methoxy groups -OCH3 is 1. The molecule has 3 rings (SSSR count). The fourth-order valence-corrected chi connectivity index (χ4v) is 1.47. The van der Waals surface area contributed by atoms with Gasteiger partial charge in [-0.15, -0.1) is 0 Å². The van der Waals surface area contributed by atoms with Gasteiger partial charge in [0, 0.05) is 40.1 Å².